The van der Waals surface area contributed by atoms with E-state index in [0.29, 0.717) is 43.9 Å². The van der Waals surface area contributed by atoms with E-state index in [1.54, 1.807) is 12.1 Å². The number of rotatable bonds is 11. The van der Waals surface area contributed by atoms with Gasteiger partial charge in [-0.1, -0.05) is 0 Å². The van der Waals surface area contributed by atoms with Gasteiger partial charge in [-0.05, 0) is 25.0 Å². The maximum Gasteiger partial charge on any atom is 0.302 e. The van der Waals surface area contributed by atoms with Crippen LogP contribution in [0.25, 0.3) is 0 Å². The van der Waals surface area contributed by atoms with Crippen molar-refractivity contribution >= 4 is 23.9 Å². The van der Waals surface area contributed by atoms with Crippen LogP contribution in [0.1, 0.15) is 37.0 Å². The zero-order chi connectivity index (χ0) is 18.7. The molecule has 0 aliphatic rings. The van der Waals surface area contributed by atoms with E-state index < -0.39 is 0 Å². The fourth-order valence-corrected chi connectivity index (χ4v) is 2.04. The third kappa shape index (κ3) is 8.19. The molecule has 7 nitrogen and oxygen atoms in total. The number of carbonyl (C=O) groups is 3. The van der Waals surface area contributed by atoms with Gasteiger partial charge in [0.1, 0.15) is 12.4 Å². The minimum Gasteiger partial charge on any atom is -0.493 e. The van der Waals surface area contributed by atoms with Crippen LogP contribution in [0.5, 0.6) is 5.75 Å². The SMILES string of the molecule is CC(=O)OCCCCOc1cc(N(C)CCOC(C)=O)ccc1C=O. The zero-order valence-corrected chi connectivity index (χ0v) is 14.9. The lowest BCUT2D eigenvalue weighted by atomic mass is 10.2. The summed E-state index contributed by atoms with van der Waals surface area (Å²) < 4.78 is 15.5. The summed E-state index contributed by atoms with van der Waals surface area (Å²) in [6, 6.07) is 5.29. The fraction of sp³-hybridized carbons (Fsp3) is 0.500. The summed E-state index contributed by atoms with van der Waals surface area (Å²) in [4.78, 5) is 34.5. The Balaban J connectivity index is 2.54. The summed E-state index contributed by atoms with van der Waals surface area (Å²) >= 11 is 0. The average Bonchev–Trinajstić information content (AvgIpc) is 2.57. The van der Waals surface area contributed by atoms with E-state index in [0.717, 1.165) is 12.0 Å². The molecule has 0 aliphatic carbocycles. The predicted octanol–water partition coefficient (Wildman–Crippen LogP) is 2.22. The topological polar surface area (TPSA) is 82.1 Å². The maximum absolute atomic E-state index is 11.2. The Hall–Kier alpha value is -2.57. The first-order valence-electron chi connectivity index (χ1n) is 8.14. The molecule has 7 heteroatoms. The highest BCUT2D eigenvalue weighted by Gasteiger charge is 2.08. The lowest BCUT2D eigenvalue weighted by molar-refractivity contribution is -0.141. The highest BCUT2D eigenvalue weighted by molar-refractivity contribution is 5.80. The van der Waals surface area contributed by atoms with E-state index in [1.807, 2.05) is 18.0 Å². The number of hydrogen-bond donors (Lipinski definition) is 0. The Bertz CT molecular complexity index is 587. The first-order valence-corrected chi connectivity index (χ1v) is 8.14. The number of likely N-dealkylation sites (N-methyl/N-ethyl adjacent to an activating group) is 1. The maximum atomic E-state index is 11.2. The molecule has 0 N–H and O–H groups in total. The molecule has 0 spiro atoms. The van der Waals surface area contributed by atoms with Crippen molar-refractivity contribution in [2.75, 3.05) is 38.3 Å². The molecule has 0 fully saturated rings. The highest BCUT2D eigenvalue weighted by Crippen LogP contribution is 2.24. The highest BCUT2D eigenvalue weighted by atomic mass is 16.5. The van der Waals surface area contributed by atoms with Gasteiger partial charge < -0.3 is 19.1 Å². The van der Waals surface area contributed by atoms with E-state index in [9.17, 15) is 14.4 Å². The van der Waals surface area contributed by atoms with E-state index in [4.69, 9.17) is 14.2 Å². The molecule has 1 aromatic carbocycles. The smallest absolute Gasteiger partial charge is 0.302 e. The van der Waals surface area contributed by atoms with Gasteiger partial charge in [0.2, 0.25) is 0 Å². The van der Waals surface area contributed by atoms with Crippen LogP contribution in [-0.4, -0.2) is 51.6 Å². The number of hydrogen-bond acceptors (Lipinski definition) is 7. The third-order valence-corrected chi connectivity index (χ3v) is 3.40. The van der Waals surface area contributed by atoms with Crippen LogP contribution < -0.4 is 9.64 Å². The molecule has 0 aromatic heterocycles. The van der Waals surface area contributed by atoms with Gasteiger partial charge in [-0.25, -0.2) is 0 Å². The summed E-state index contributed by atoms with van der Waals surface area (Å²) in [7, 11) is 1.86. The van der Waals surface area contributed by atoms with Crippen molar-refractivity contribution in [3.8, 4) is 5.75 Å². The first-order chi connectivity index (χ1) is 11.9. The molecule has 0 unspecified atom stereocenters. The van der Waals surface area contributed by atoms with Crippen molar-refractivity contribution in [1.29, 1.82) is 0 Å². The van der Waals surface area contributed by atoms with Crippen LogP contribution in [0, 0.1) is 0 Å². The quantitative estimate of drug-likeness (QED) is 0.343. The monoisotopic (exact) mass is 351 g/mol. The van der Waals surface area contributed by atoms with Crippen molar-refractivity contribution in [2.24, 2.45) is 0 Å². The van der Waals surface area contributed by atoms with Gasteiger partial charge in [-0.3, -0.25) is 14.4 Å². The number of carbonyl (C=O) groups excluding carboxylic acids is 3. The van der Waals surface area contributed by atoms with Gasteiger partial charge in [0, 0.05) is 32.6 Å². The van der Waals surface area contributed by atoms with Crippen LogP contribution in [0.4, 0.5) is 5.69 Å². The number of ether oxygens (including phenoxy) is 3. The van der Waals surface area contributed by atoms with Crippen molar-refractivity contribution in [3.63, 3.8) is 0 Å². The molecule has 0 saturated carbocycles. The molecule has 0 aliphatic heterocycles. The van der Waals surface area contributed by atoms with Gasteiger partial charge in [0.05, 0.1) is 25.3 Å². The van der Waals surface area contributed by atoms with Crippen LogP contribution in [0.3, 0.4) is 0 Å². The van der Waals surface area contributed by atoms with Gasteiger partial charge in [-0.15, -0.1) is 0 Å². The van der Waals surface area contributed by atoms with Crippen LogP contribution in [0.2, 0.25) is 0 Å². The molecular formula is C18H25NO6. The minimum absolute atomic E-state index is 0.285. The fourth-order valence-electron chi connectivity index (χ4n) is 2.04. The first kappa shape index (κ1) is 20.5. The number of esters is 2. The number of nitrogens with zero attached hydrogens (tertiary/aromatic N) is 1. The van der Waals surface area contributed by atoms with Gasteiger partial charge in [0.25, 0.3) is 0 Å². The number of unbranched alkanes of at least 4 members (excludes halogenated alkanes) is 1. The molecule has 0 radical (unpaired) electrons. The second-order valence-electron chi connectivity index (χ2n) is 5.50. The predicted molar refractivity (Wildman–Crippen MR) is 93.1 cm³/mol. The van der Waals surface area contributed by atoms with E-state index >= 15 is 0 Å². The molecule has 0 amide bonds. The molecule has 138 valence electrons. The molecule has 1 rings (SSSR count). The molecule has 25 heavy (non-hydrogen) atoms. The zero-order valence-electron chi connectivity index (χ0n) is 14.9. The average molecular weight is 351 g/mol. The van der Waals surface area contributed by atoms with Crippen LogP contribution >= 0.6 is 0 Å². The standard InChI is InChI=1S/C18H25NO6/c1-14(21)23-9-4-5-10-25-18-12-17(7-6-16(18)13-20)19(3)8-11-24-15(2)22/h6-7,12-13H,4-5,8-11H2,1-3H3. The van der Waals surface area contributed by atoms with Crippen LogP contribution in [-0.2, 0) is 19.1 Å². The number of aldehydes is 1. The third-order valence-electron chi connectivity index (χ3n) is 3.40. The Kier molecular flexibility index (Phi) is 9.06. The summed E-state index contributed by atoms with van der Waals surface area (Å²) in [5.41, 5.74) is 1.32. The molecule has 1 aromatic rings. The summed E-state index contributed by atoms with van der Waals surface area (Å²) in [6.45, 7) is 4.33. The molecule has 0 atom stereocenters. The van der Waals surface area contributed by atoms with Crippen molar-refractivity contribution in [3.05, 3.63) is 23.8 Å². The summed E-state index contributed by atoms with van der Waals surface area (Å²) in [5, 5.41) is 0. The second kappa shape index (κ2) is 11.1. The van der Waals surface area contributed by atoms with E-state index in [-0.39, 0.29) is 18.5 Å². The lowest BCUT2D eigenvalue weighted by Crippen LogP contribution is -2.23. The number of benzene rings is 1. The Morgan fingerprint density at radius 3 is 2.32 bits per heavy atom. The molecular weight excluding hydrogens is 326 g/mol. The molecule has 0 saturated heterocycles. The Morgan fingerprint density at radius 2 is 1.68 bits per heavy atom. The minimum atomic E-state index is -0.317. The van der Waals surface area contributed by atoms with E-state index in [2.05, 4.69) is 0 Å². The van der Waals surface area contributed by atoms with Crippen molar-refractivity contribution < 1.29 is 28.6 Å². The second-order valence-corrected chi connectivity index (χ2v) is 5.50. The van der Waals surface area contributed by atoms with Crippen LogP contribution in [0.15, 0.2) is 18.2 Å². The lowest BCUT2D eigenvalue weighted by Gasteiger charge is -2.20. The number of anilines is 1. The Morgan fingerprint density at radius 1 is 1.04 bits per heavy atom. The Labute approximate surface area is 147 Å². The summed E-state index contributed by atoms with van der Waals surface area (Å²) in [5.74, 6) is -0.115. The largest absolute Gasteiger partial charge is 0.493 e. The van der Waals surface area contributed by atoms with E-state index in [1.165, 1.54) is 13.8 Å². The summed E-state index contributed by atoms with van der Waals surface area (Å²) in [6.07, 6.45) is 2.15. The normalized spacial score (nSPS) is 10.0. The van der Waals surface area contributed by atoms with Gasteiger partial charge >= 0.3 is 11.9 Å². The molecule has 0 heterocycles. The van der Waals surface area contributed by atoms with Gasteiger partial charge in [-0.2, -0.15) is 0 Å². The van der Waals surface area contributed by atoms with Crippen molar-refractivity contribution in [2.45, 2.75) is 26.7 Å². The van der Waals surface area contributed by atoms with Crippen molar-refractivity contribution in [1.82, 2.24) is 0 Å². The van der Waals surface area contributed by atoms with Gasteiger partial charge in [0.15, 0.2) is 6.29 Å². The molecule has 0 bridgehead atoms.